The smallest absolute Gasteiger partial charge is 0.315 e. The van der Waals surface area contributed by atoms with E-state index in [1.54, 1.807) is 0 Å². The van der Waals surface area contributed by atoms with Gasteiger partial charge in [0.25, 0.3) is 0 Å². The van der Waals surface area contributed by atoms with Gasteiger partial charge in [-0.2, -0.15) is 0 Å². The summed E-state index contributed by atoms with van der Waals surface area (Å²) in [5.74, 6) is 0. The zero-order valence-electron chi connectivity index (χ0n) is 14.1. The molecule has 0 unspecified atom stereocenters. The zero-order valence-corrected chi connectivity index (χ0v) is 14.1. The van der Waals surface area contributed by atoms with Crippen molar-refractivity contribution >= 4 is 6.03 Å². The molecule has 0 saturated carbocycles. The lowest BCUT2D eigenvalue weighted by atomic mass is 10.1. The van der Waals surface area contributed by atoms with Gasteiger partial charge in [-0.1, -0.05) is 29.8 Å². The van der Waals surface area contributed by atoms with E-state index in [-0.39, 0.29) is 12.1 Å². The van der Waals surface area contributed by atoms with Gasteiger partial charge < -0.3 is 19.9 Å². The van der Waals surface area contributed by atoms with Gasteiger partial charge >= 0.3 is 6.03 Å². The monoisotopic (exact) mass is 327 g/mol. The maximum atomic E-state index is 11.9. The van der Waals surface area contributed by atoms with E-state index in [0.717, 1.165) is 31.7 Å². The lowest BCUT2D eigenvalue weighted by Gasteiger charge is -2.13. The Kier molecular flexibility index (Phi) is 5.54. The lowest BCUT2D eigenvalue weighted by Crippen LogP contribution is -2.39. The first-order valence-electron chi connectivity index (χ1n) is 8.53. The van der Waals surface area contributed by atoms with Gasteiger partial charge in [-0.15, -0.1) is 0 Å². The van der Waals surface area contributed by atoms with Crippen molar-refractivity contribution in [3.8, 4) is 0 Å². The summed E-state index contributed by atoms with van der Waals surface area (Å²) in [6.45, 7) is 4.80. The van der Waals surface area contributed by atoms with Crippen molar-refractivity contribution in [3.05, 3.63) is 59.4 Å². The number of hydrogen-bond acceptors (Lipinski definition) is 2. The molecule has 1 aromatic carbocycles. The Labute approximate surface area is 143 Å². The fourth-order valence-corrected chi connectivity index (χ4v) is 3.02. The van der Waals surface area contributed by atoms with Crippen LogP contribution in [0.5, 0.6) is 0 Å². The molecule has 0 radical (unpaired) electrons. The number of amides is 2. The predicted molar refractivity (Wildman–Crippen MR) is 93.9 cm³/mol. The largest absolute Gasteiger partial charge is 0.376 e. The number of carbonyl (C=O) groups is 1. The molecule has 3 rings (SSSR count). The van der Waals surface area contributed by atoms with Crippen LogP contribution >= 0.6 is 0 Å². The third-order valence-electron chi connectivity index (χ3n) is 4.30. The minimum Gasteiger partial charge on any atom is -0.376 e. The van der Waals surface area contributed by atoms with Crippen LogP contribution in [0.3, 0.4) is 0 Å². The maximum absolute atomic E-state index is 11.9. The summed E-state index contributed by atoms with van der Waals surface area (Å²) in [4.78, 5) is 11.9. The van der Waals surface area contributed by atoms with E-state index in [9.17, 15) is 4.79 Å². The van der Waals surface area contributed by atoms with E-state index in [2.05, 4.69) is 46.4 Å². The molecule has 0 spiro atoms. The van der Waals surface area contributed by atoms with Crippen LogP contribution in [0.1, 0.15) is 29.7 Å². The number of ether oxygens (including phenoxy) is 1. The van der Waals surface area contributed by atoms with Crippen LogP contribution in [-0.4, -0.2) is 29.9 Å². The molecule has 1 aromatic heterocycles. The molecule has 1 atom stereocenters. The molecule has 2 aromatic rings. The number of urea groups is 1. The molecule has 2 amide bonds. The van der Waals surface area contributed by atoms with Gasteiger partial charge in [0.1, 0.15) is 0 Å². The van der Waals surface area contributed by atoms with Crippen molar-refractivity contribution in [3.63, 3.8) is 0 Å². The summed E-state index contributed by atoms with van der Waals surface area (Å²) < 4.78 is 7.66. The van der Waals surface area contributed by atoms with Crippen LogP contribution in [0.15, 0.2) is 42.6 Å². The first kappa shape index (κ1) is 16.6. The van der Waals surface area contributed by atoms with E-state index in [1.807, 2.05) is 18.3 Å². The molecule has 0 aliphatic carbocycles. The second-order valence-corrected chi connectivity index (χ2v) is 6.32. The topological polar surface area (TPSA) is 55.3 Å². The molecule has 1 aliphatic heterocycles. The Morgan fingerprint density at radius 1 is 1.29 bits per heavy atom. The summed E-state index contributed by atoms with van der Waals surface area (Å²) in [6, 6.07) is 12.4. The highest BCUT2D eigenvalue weighted by atomic mass is 16.5. The maximum Gasteiger partial charge on any atom is 0.315 e. The fraction of sp³-hybridized carbons (Fsp3) is 0.421. The number of aromatic nitrogens is 1. The van der Waals surface area contributed by atoms with E-state index in [0.29, 0.717) is 13.1 Å². The average molecular weight is 327 g/mol. The van der Waals surface area contributed by atoms with Crippen LogP contribution in [0, 0.1) is 6.92 Å². The summed E-state index contributed by atoms with van der Waals surface area (Å²) in [7, 11) is 0. The minimum absolute atomic E-state index is 0.145. The second kappa shape index (κ2) is 8.02. The number of rotatable bonds is 6. The molecular formula is C19H25N3O2. The van der Waals surface area contributed by atoms with Crippen molar-refractivity contribution in [2.45, 2.75) is 39.0 Å². The van der Waals surface area contributed by atoms with Crippen LogP contribution in [0.2, 0.25) is 0 Å². The van der Waals surface area contributed by atoms with Gasteiger partial charge in [0.05, 0.1) is 12.6 Å². The molecule has 1 aliphatic rings. The lowest BCUT2D eigenvalue weighted by molar-refractivity contribution is 0.111. The van der Waals surface area contributed by atoms with Gasteiger partial charge in [0.2, 0.25) is 0 Å². The number of nitrogens with zero attached hydrogens (tertiary/aromatic N) is 1. The van der Waals surface area contributed by atoms with Crippen molar-refractivity contribution in [2.75, 3.05) is 13.2 Å². The molecule has 5 nitrogen and oxygen atoms in total. The van der Waals surface area contributed by atoms with Crippen molar-refractivity contribution in [1.29, 1.82) is 0 Å². The van der Waals surface area contributed by atoms with Gasteiger partial charge in [0.15, 0.2) is 0 Å². The van der Waals surface area contributed by atoms with Gasteiger partial charge in [-0.25, -0.2) is 4.79 Å². The molecule has 2 N–H and O–H groups in total. The van der Waals surface area contributed by atoms with Crippen LogP contribution in [0.4, 0.5) is 4.79 Å². The van der Waals surface area contributed by atoms with Gasteiger partial charge in [-0.05, 0) is 37.5 Å². The van der Waals surface area contributed by atoms with Gasteiger partial charge in [-0.3, -0.25) is 0 Å². The van der Waals surface area contributed by atoms with Crippen molar-refractivity contribution in [2.24, 2.45) is 0 Å². The number of benzene rings is 1. The highest BCUT2D eigenvalue weighted by Crippen LogP contribution is 2.11. The highest BCUT2D eigenvalue weighted by Gasteiger charge is 2.16. The van der Waals surface area contributed by atoms with Crippen molar-refractivity contribution < 1.29 is 9.53 Å². The Morgan fingerprint density at radius 2 is 2.21 bits per heavy atom. The standard InChI is InChI=1S/C19H25N3O2/c1-15-5-2-6-16(11-15)14-22-9-3-7-17(22)12-20-19(23)21-13-18-8-4-10-24-18/h2-3,5-7,9,11,18H,4,8,10,12-14H2,1H3,(H2,20,21,23)/t18-/m0/s1. The molecular weight excluding hydrogens is 302 g/mol. The zero-order chi connectivity index (χ0) is 16.8. The Morgan fingerprint density at radius 3 is 3.00 bits per heavy atom. The second-order valence-electron chi connectivity index (χ2n) is 6.32. The minimum atomic E-state index is -0.145. The first-order chi connectivity index (χ1) is 11.7. The summed E-state index contributed by atoms with van der Waals surface area (Å²) in [5, 5.41) is 5.80. The fourth-order valence-electron chi connectivity index (χ4n) is 3.02. The Bertz CT molecular complexity index is 675. The summed E-state index contributed by atoms with van der Waals surface area (Å²) in [5.41, 5.74) is 3.60. The molecule has 1 fully saturated rings. The predicted octanol–water partition coefficient (Wildman–Crippen LogP) is 2.82. The van der Waals surface area contributed by atoms with Crippen molar-refractivity contribution in [1.82, 2.24) is 15.2 Å². The third-order valence-corrected chi connectivity index (χ3v) is 4.30. The molecule has 128 valence electrons. The molecule has 2 heterocycles. The first-order valence-corrected chi connectivity index (χ1v) is 8.53. The molecule has 0 bridgehead atoms. The summed E-state index contributed by atoms with van der Waals surface area (Å²) in [6.07, 6.45) is 4.32. The Hall–Kier alpha value is -2.27. The Balaban J connectivity index is 1.49. The van der Waals surface area contributed by atoms with Crippen LogP contribution in [0.25, 0.3) is 0 Å². The highest BCUT2D eigenvalue weighted by molar-refractivity contribution is 5.73. The number of carbonyl (C=O) groups excluding carboxylic acids is 1. The summed E-state index contributed by atoms with van der Waals surface area (Å²) >= 11 is 0. The van der Waals surface area contributed by atoms with Gasteiger partial charge in [0, 0.05) is 31.6 Å². The number of hydrogen-bond donors (Lipinski definition) is 2. The number of nitrogens with one attached hydrogen (secondary N) is 2. The van der Waals surface area contributed by atoms with E-state index >= 15 is 0 Å². The molecule has 5 heteroatoms. The van der Waals surface area contributed by atoms with Crippen LogP contribution in [-0.2, 0) is 17.8 Å². The van der Waals surface area contributed by atoms with E-state index < -0.39 is 0 Å². The van der Waals surface area contributed by atoms with E-state index in [1.165, 1.54) is 11.1 Å². The number of aryl methyl sites for hydroxylation is 1. The SMILES string of the molecule is Cc1cccc(Cn2cccc2CNC(=O)NC[C@@H]2CCCO2)c1. The van der Waals surface area contributed by atoms with Crippen LogP contribution < -0.4 is 10.6 Å². The molecule has 1 saturated heterocycles. The molecule has 24 heavy (non-hydrogen) atoms. The third kappa shape index (κ3) is 4.61. The average Bonchev–Trinajstić information content (AvgIpc) is 3.23. The normalized spacial score (nSPS) is 17.0. The van der Waals surface area contributed by atoms with E-state index in [4.69, 9.17) is 4.74 Å². The quantitative estimate of drug-likeness (QED) is 0.857.